The molecule has 3 rings (SSSR count). The fourth-order valence-corrected chi connectivity index (χ4v) is 2.49. The minimum absolute atomic E-state index is 0.242. The van der Waals surface area contributed by atoms with E-state index in [2.05, 4.69) is 54.3 Å². The van der Waals surface area contributed by atoms with Crippen molar-refractivity contribution in [1.29, 1.82) is 0 Å². The molecule has 0 unspecified atom stereocenters. The molecule has 2 heterocycles. The highest BCUT2D eigenvalue weighted by molar-refractivity contribution is 6.01. The van der Waals surface area contributed by atoms with Crippen molar-refractivity contribution in [2.24, 2.45) is 7.05 Å². The minimum atomic E-state index is -0.242. The van der Waals surface area contributed by atoms with Crippen LogP contribution in [0.25, 0.3) is 22.2 Å². The molecule has 2 aromatic heterocycles. The molecule has 1 amide bonds. The standard InChI is InChI=1S/C18H17N3O/c1-4-17(22)20-14-9-15-16(11-21(3)18(15)19-10-14)13-7-5-12(2)6-8-13/h4-11H,1H2,2-3H3,(H,20,22). The highest BCUT2D eigenvalue weighted by Gasteiger charge is 2.11. The van der Waals surface area contributed by atoms with Crippen LogP contribution in [0, 0.1) is 6.92 Å². The second kappa shape index (κ2) is 5.48. The summed E-state index contributed by atoms with van der Waals surface area (Å²) >= 11 is 0. The first-order valence-electron chi connectivity index (χ1n) is 7.04. The summed E-state index contributed by atoms with van der Waals surface area (Å²) in [5.41, 5.74) is 5.00. The number of hydrogen-bond acceptors (Lipinski definition) is 2. The van der Waals surface area contributed by atoms with Gasteiger partial charge in [0.05, 0.1) is 11.9 Å². The van der Waals surface area contributed by atoms with E-state index in [-0.39, 0.29) is 5.91 Å². The van der Waals surface area contributed by atoms with Crippen LogP contribution in [0.5, 0.6) is 0 Å². The van der Waals surface area contributed by atoms with Gasteiger partial charge in [-0.05, 0) is 24.6 Å². The van der Waals surface area contributed by atoms with Gasteiger partial charge >= 0.3 is 0 Å². The van der Waals surface area contributed by atoms with Crippen molar-refractivity contribution in [3.8, 4) is 11.1 Å². The van der Waals surface area contributed by atoms with Crippen molar-refractivity contribution in [1.82, 2.24) is 9.55 Å². The molecule has 4 heteroatoms. The number of carbonyl (C=O) groups excluding carboxylic acids is 1. The molecule has 0 saturated heterocycles. The smallest absolute Gasteiger partial charge is 0.247 e. The summed E-state index contributed by atoms with van der Waals surface area (Å²) in [6.45, 7) is 5.53. The molecule has 0 aliphatic carbocycles. The van der Waals surface area contributed by atoms with E-state index >= 15 is 0 Å². The Morgan fingerprint density at radius 1 is 1.32 bits per heavy atom. The van der Waals surface area contributed by atoms with E-state index in [0.29, 0.717) is 5.69 Å². The Bertz CT molecular complexity index is 860. The highest BCUT2D eigenvalue weighted by Crippen LogP contribution is 2.31. The first-order chi connectivity index (χ1) is 10.6. The number of hydrogen-bond donors (Lipinski definition) is 1. The molecule has 0 spiro atoms. The van der Waals surface area contributed by atoms with Crippen LogP contribution in [0.3, 0.4) is 0 Å². The lowest BCUT2D eigenvalue weighted by Gasteiger charge is -2.04. The molecule has 0 saturated carbocycles. The predicted octanol–water partition coefficient (Wildman–Crippen LogP) is 3.67. The largest absolute Gasteiger partial charge is 0.335 e. The van der Waals surface area contributed by atoms with Crippen molar-refractivity contribution in [3.63, 3.8) is 0 Å². The third kappa shape index (κ3) is 2.51. The van der Waals surface area contributed by atoms with Gasteiger partial charge in [0.25, 0.3) is 0 Å². The normalized spacial score (nSPS) is 10.6. The molecule has 3 aromatic rings. The van der Waals surface area contributed by atoms with Crippen LogP contribution in [-0.2, 0) is 11.8 Å². The van der Waals surface area contributed by atoms with Gasteiger partial charge in [0.15, 0.2) is 0 Å². The second-order valence-corrected chi connectivity index (χ2v) is 5.31. The van der Waals surface area contributed by atoms with Crippen molar-refractivity contribution < 1.29 is 4.79 Å². The third-order valence-corrected chi connectivity index (χ3v) is 3.63. The number of nitrogens with one attached hydrogen (secondary N) is 1. The second-order valence-electron chi connectivity index (χ2n) is 5.31. The summed E-state index contributed by atoms with van der Waals surface area (Å²) < 4.78 is 1.99. The van der Waals surface area contributed by atoms with E-state index in [4.69, 9.17) is 0 Å². The first kappa shape index (κ1) is 14.1. The maximum absolute atomic E-state index is 11.5. The topological polar surface area (TPSA) is 46.9 Å². The molecule has 22 heavy (non-hydrogen) atoms. The fourth-order valence-electron chi connectivity index (χ4n) is 2.49. The minimum Gasteiger partial charge on any atom is -0.335 e. The number of aryl methyl sites for hydroxylation is 2. The van der Waals surface area contributed by atoms with Gasteiger partial charge in [-0.2, -0.15) is 0 Å². The van der Waals surface area contributed by atoms with E-state index in [9.17, 15) is 4.79 Å². The molecule has 0 radical (unpaired) electrons. The van der Waals surface area contributed by atoms with Gasteiger partial charge in [0, 0.05) is 24.2 Å². The van der Waals surface area contributed by atoms with Gasteiger partial charge in [-0.3, -0.25) is 4.79 Å². The van der Waals surface area contributed by atoms with Crippen molar-refractivity contribution in [2.45, 2.75) is 6.92 Å². The van der Waals surface area contributed by atoms with Crippen molar-refractivity contribution in [2.75, 3.05) is 5.32 Å². The van der Waals surface area contributed by atoms with Gasteiger partial charge in [-0.25, -0.2) is 4.98 Å². The number of benzene rings is 1. The molecule has 1 aromatic carbocycles. The van der Waals surface area contributed by atoms with Crippen molar-refractivity contribution >= 4 is 22.6 Å². The number of fused-ring (bicyclic) bond motifs is 1. The molecule has 4 nitrogen and oxygen atoms in total. The van der Waals surface area contributed by atoms with Crippen LogP contribution in [-0.4, -0.2) is 15.5 Å². The van der Waals surface area contributed by atoms with Gasteiger partial charge in [0.1, 0.15) is 5.65 Å². The van der Waals surface area contributed by atoms with Crippen LogP contribution in [0.2, 0.25) is 0 Å². The number of aromatic nitrogens is 2. The number of nitrogens with zero attached hydrogens (tertiary/aromatic N) is 2. The van der Waals surface area contributed by atoms with Gasteiger partial charge in [0.2, 0.25) is 5.91 Å². The van der Waals surface area contributed by atoms with E-state index < -0.39 is 0 Å². The zero-order valence-electron chi connectivity index (χ0n) is 12.6. The summed E-state index contributed by atoms with van der Waals surface area (Å²) in [4.78, 5) is 15.9. The van der Waals surface area contributed by atoms with E-state index in [1.54, 1.807) is 6.20 Å². The van der Waals surface area contributed by atoms with Gasteiger partial charge in [-0.15, -0.1) is 0 Å². The molecule has 1 N–H and O–H groups in total. The Balaban J connectivity index is 2.13. The molecule has 110 valence electrons. The number of rotatable bonds is 3. The molecule has 0 aliphatic heterocycles. The van der Waals surface area contributed by atoms with Gasteiger partial charge < -0.3 is 9.88 Å². The van der Waals surface area contributed by atoms with E-state index in [1.807, 2.05) is 17.7 Å². The zero-order chi connectivity index (χ0) is 15.7. The lowest BCUT2D eigenvalue weighted by atomic mass is 10.0. The summed E-state index contributed by atoms with van der Waals surface area (Å²) in [6, 6.07) is 10.3. The Kier molecular flexibility index (Phi) is 3.51. The molecule has 0 bridgehead atoms. The average Bonchev–Trinajstić information content (AvgIpc) is 2.84. The Labute approximate surface area is 129 Å². The predicted molar refractivity (Wildman–Crippen MR) is 89.7 cm³/mol. The lowest BCUT2D eigenvalue weighted by molar-refractivity contribution is -0.111. The summed E-state index contributed by atoms with van der Waals surface area (Å²) in [7, 11) is 1.97. The van der Waals surface area contributed by atoms with Crippen LogP contribution >= 0.6 is 0 Å². The number of carbonyl (C=O) groups is 1. The quantitative estimate of drug-likeness (QED) is 0.748. The molecule has 0 atom stereocenters. The van der Waals surface area contributed by atoms with Crippen LogP contribution < -0.4 is 5.32 Å². The maximum atomic E-state index is 11.5. The SMILES string of the molecule is C=CC(=O)Nc1cnc2c(c1)c(-c1ccc(C)cc1)cn2C. The lowest BCUT2D eigenvalue weighted by Crippen LogP contribution is -2.07. The Hall–Kier alpha value is -2.88. The summed E-state index contributed by atoms with van der Waals surface area (Å²) in [6.07, 6.45) is 4.96. The Morgan fingerprint density at radius 3 is 2.73 bits per heavy atom. The van der Waals surface area contributed by atoms with E-state index in [0.717, 1.165) is 22.2 Å². The number of amides is 1. The van der Waals surface area contributed by atoms with Crippen LogP contribution in [0.4, 0.5) is 5.69 Å². The number of pyridine rings is 1. The Morgan fingerprint density at radius 2 is 2.05 bits per heavy atom. The van der Waals surface area contributed by atoms with Crippen LogP contribution in [0.15, 0.2) is 55.4 Å². The van der Waals surface area contributed by atoms with E-state index in [1.165, 1.54) is 11.6 Å². The zero-order valence-corrected chi connectivity index (χ0v) is 12.6. The van der Waals surface area contributed by atoms with Gasteiger partial charge in [-0.1, -0.05) is 36.4 Å². The molecule has 0 fully saturated rings. The summed E-state index contributed by atoms with van der Waals surface area (Å²) in [5.74, 6) is -0.242. The first-order valence-corrected chi connectivity index (χ1v) is 7.04. The third-order valence-electron chi connectivity index (χ3n) is 3.63. The van der Waals surface area contributed by atoms with Crippen LogP contribution in [0.1, 0.15) is 5.56 Å². The fraction of sp³-hybridized carbons (Fsp3) is 0.111. The summed E-state index contributed by atoms with van der Waals surface area (Å²) in [5, 5.41) is 3.76. The van der Waals surface area contributed by atoms with Crippen molar-refractivity contribution in [3.05, 3.63) is 60.9 Å². The maximum Gasteiger partial charge on any atom is 0.247 e. The number of anilines is 1. The average molecular weight is 291 g/mol. The highest BCUT2D eigenvalue weighted by atomic mass is 16.1. The molecule has 0 aliphatic rings. The molecular formula is C18H17N3O. The monoisotopic (exact) mass is 291 g/mol. The molecular weight excluding hydrogens is 274 g/mol.